The zero-order valence-electron chi connectivity index (χ0n) is 13.5. The lowest BCUT2D eigenvalue weighted by molar-refractivity contribution is 0.141. The van der Waals surface area contributed by atoms with Gasteiger partial charge in [-0.25, -0.2) is 4.79 Å². The zero-order chi connectivity index (χ0) is 16.0. The standard InChI is InChI=1S/C18H20N2O3/c1-12-7-18(21)23-17-10-16-13(9-15(12)17)8-14(22-16)11-20-5-3-19(2)4-6-20/h7-10H,3-6,11H2,1-2H3. The number of fused-ring (bicyclic) bond motifs is 2. The highest BCUT2D eigenvalue weighted by atomic mass is 16.4. The van der Waals surface area contributed by atoms with Gasteiger partial charge in [0.1, 0.15) is 16.9 Å². The Balaban J connectivity index is 1.68. The molecule has 1 aliphatic rings. The fourth-order valence-electron chi connectivity index (χ4n) is 3.21. The van der Waals surface area contributed by atoms with E-state index in [1.54, 1.807) is 0 Å². The first-order valence-electron chi connectivity index (χ1n) is 7.96. The monoisotopic (exact) mass is 312 g/mol. The molecule has 4 rings (SSSR count). The lowest BCUT2D eigenvalue weighted by atomic mass is 10.1. The van der Waals surface area contributed by atoms with Crippen LogP contribution in [0, 0.1) is 6.92 Å². The molecule has 0 amide bonds. The third kappa shape index (κ3) is 2.78. The van der Waals surface area contributed by atoms with Crippen LogP contribution in [-0.2, 0) is 6.54 Å². The smallest absolute Gasteiger partial charge is 0.336 e. The Bertz CT molecular complexity index is 917. The van der Waals surface area contributed by atoms with Crippen LogP contribution >= 0.6 is 0 Å². The van der Waals surface area contributed by atoms with Crippen molar-refractivity contribution in [2.45, 2.75) is 13.5 Å². The van der Waals surface area contributed by atoms with Gasteiger partial charge in [-0.3, -0.25) is 4.90 Å². The number of rotatable bonds is 2. The van der Waals surface area contributed by atoms with E-state index < -0.39 is 0 Å². The molecule has 3 heterocycles. The molecule has 0 saturated carbocycles. The van der Waals surface area contributed by atoms with Crippen molar-refractivity contribution in [3.05, 3.63) is 46.0 Å². The van der Waals surface area contributed by atoms with Gasteiger partial charge in [-0.05, 0) is 31.7 Å². The molecule has 2 aromatic heterocycles. The minimum absolute atomic E-state index is 0.321. The molecule has 0 atom stereocenters. The van der Waals surface area contributed by atoms with Crippen molar-refractivity contribution in [1.29, 1.82) is 0 Å². The quantitative estimate of drug-likeness (QED) is 0.681. The molecule has 5 nitrogen and oxygen atoms in total. The predicted octanol–water partition coefficient (Wildman–Crippen LogP) is 2.60. The van der Waals surface area contributed by atoms with Crippen LogP contribution < -0.4 is 5.63 Å². The predicted molar refractivity (Wildman–Crippen MR) is 89.8 cm³/mol. The van der Waals surface area contributed by atoms with E-state index in [1.807, 2.05) is 19.1 Å². The van der Waals surface area contributed by atoms with Crippen molar-refractivity contribution < 1.29 is 8.83 Å². The van der Waals surface area contributed by atoms with Gasteiger partial charge in [0.2, 0.25) is 0 Å². The molecule has 120 valence electrons. The molecule has 1 aromatic carbocycles. The average molecular weight is 312 g/mol. The third-order valence-corrected chi connectivity index (χ3v) is 4.61. The molecular weight excluding hydrogens is 292 g/mol. The topological polar surface area (TPSA) is 49.8 Å². The lowest BCUT2D eigenvalue weighted by Gasteiger charge is -2.31. The van der Waals surface area contributed by atoms with E-state index in [0.717, 1.165) is 60.4 Å². The maximum absolute atomic E-state index is 11.5. The molecular formula is C18H20N2O3. The summed E-state index contributed by atoms with van der Waals surface area (Å²) in [6.07, 6.45) is 0. The van der Waals surface area contributed by atoms with Crippen LogP contribution in [0.5, 0.6) is 0 Å². The molecule has 0 radical (unpaired) electrons. The lowest BCUT2D eigenvalue weighted by Crippen LogP contribution is -2.43. The number of benzene rings is 1. The van der Waals surface area contributed by atoms with Gasteiger partial charge in [-0.15, -0.1) is 0 Å². The van der Waals surface area contributed by atoms with Gasteiger partial charge in [0, 0.05) is 49.1 Å². The maximum Gasteiger partial charge on any atom is 0.336 e. The molecule has 5 heteroatoms. The summed E-state index contributed by atoms with van der Waals surface area (Å²) in [5.74, 6) is 0.958. The molecule has 0 aliphatic carbocycles. The van der Waals surface area contributed by atoms with E-state index in [1.165, 1.54) is 6.07 Å². The van der Waals surface area contributed by atoms with E-state index in [-0.39, 0.29) is 5.63 Å². The second kappa shape index (κ2) is 5.51. The fraction of sp³-hybridized carbons (Fsp3) is 0.389. The number of nitrogens with zero attached hydrogens (tertiary/aromatic N) is 2. The fourth-order valence-corrected chi connectivity index (χ4v) is 3.21. The largest absolute Gasteiger partial charge is 0.460 e. The number of furan rings is 1. The summed E-state index contributed by atoms with van der Waals surface area (Å²) < 4.78 is 11.3. The second-order valence-electron chi connectivity index (χ2n) is 6.43. The summed E-state index contributed by atoms with van der Waals surface area (Å²) in [4.78, 5) is 16.3. The van der Waals surface area contributed by atoms with Crippen LogP contribution in [0.2, 0.25) is 0 Å². The number of hydrogen-bond donors (Lipinski definition) is 0. The highest BCUT2D eigenvalue weighted by Crippen LogP contribution is 2.27. The molecule has 0 spiro atoms. The van der Waals surface area contributed by atoms with E-state index in [2.05, 4.69) is 22.9 Å². The Hall–Kier alpha value is -2.11. The van der Waals surface area contributed by atoms with Gasteiger partial charge in [0.15, 0.2) is 0 Å². The van der Waals surface area contributed by atoms with Crippen molar-refractivity contribution in [1.82, 2.24) is 9.80 Å². The summed E-state index contributed by atoms with van der Waals surface area (Å²) in [6, 6.07) is 7.49. The third-order valence-electron chi connectivity index (χ3n) is 4.61. The summed E-state index contributed by atoms with van der Waals surface area (Å²) >= 11 is 0. The number of aryl methyl sites for hydroxylation is 1. The Morgan fingerprint density at radius 2 is 1.78 bits per heavy atom. The Morgan fingerprint density at radius 1 is 1.00 bits per heavy atom. The Morgan fingerprint density at radius 3 is 2.57 bits per heavy atom. The van der Waals surface area contributed by atoms with Crippen molar-refractivity contribution in [3.8, 4) is 0 Å². The van der Waals surface area contributed by atoms with Crippen LogP contribution in [0.25, 0.3) is 21.9 Å². The first-order valence-corrected chi connectivity index (χ1v) is 7.96. The maximum atomic E-state index is 11.5. The molecule has 0 unspecified atom stereocenters. The van der Waals surface area contributed by atoms with Crippen LogP contribution in [0.15, 0.2) is 37.9 Å². The zero-order valence-corrected chi connectivity index (χ0v) is 13.5. The number of likely N-dealkylation sites (N-methyl/N-ethyl adjacent to an activating group) is 1. The normalized spacial score (nSPS) is 17.3. The molecule has 0 bridgehead atoms. The molecule has 0 N–H and O–H groups in total. The molecule has 1 fully saturated rings. The van der Waals surface area contributed by atoms with Crippen molar-refractivity contribution >= 4 is 21.9 Å². The SMILES string of the molecule is Cc1cc(=O)oc2cc3oc(CN4CCN(C)CC4)cc3cc12. The molecule has 1 aliphatic heterocycles. The minimum Gasteiger partial charge on any atom is -0.460 e. The van der Waals surface area contributed by atoms with Gasteiger partial charge >= 0.3 is 5.63 Å². The first-order chi connectivity index (χ1) is 11.1. The summed E-state index contributed by atoms with van der Waals surface area (Å²) in [7, 11) is 2.15. The van der Waals surface area contributed by atoms with Crippen LogP contribution in [0.1, 0.15) is 11.3 Å². The van der Waals surface area contributed by atoms with Crippen molar-refractivity contribution in [2.75, 3.05) is 33.2 Å². The van der Waals surface area contributed by atoms with Crippen LogP contribution in [0.4, 0.5) is 0 Å². The summed E-state index contributed by atoms with van der Waals surface area (Å²) in [5, 5.41) is 2.02. The summed E-state index contributed by atoms with van der Waals surface area (Å²) in [5.41, 5.74) is 1.97. The first kappa shape index (κ1) is 14.5. The van der Waals surface area contributed by atoms with Gasteiger partial charge in [-0.1, -0.05) is 0 Å². The van der Waals surface area contributed by atoms with Gasteiger partial charge in [0.05, 0.1) is 6.54 Å². The highest BCUT2D eigenvalue weighted by Gasteiger charge is 2.16. The van der Waals surface area contributed by atoms with Crippen molar-refractivity contribution in [2.24, 2.45) is 0 Å². The van der Waals surface area contributed by atoms with E-state index in [0.29, 0.717) is 5.58 Å². The Kier molecular flexibility index (Phi) is 3.47. The van der Waals surface area contributed by atoms with Gasteiger partial charge in [0.25, 0.3) is 0 Å². The van der Waals surface area contributed by atoms with Crippen LogP contribution in [0.3, 0.4) is 0 Å². The van der Waals surface area contributed by atoms with E-state index in [4.69, 9.17) is 8.83 Å². The van der Waals surface area contributed by atoms with Gasteiger partial charge < -0.3 is 13.7 Å². The second-order valence-corrected chi connectivity index (χ2v) is 6.43. The van der Waals surface area contributed by atoms with E-state index >= 15 is 0 Å². The number of piperazine rings is 1. The van der Waals surface area contributed by atoms with Crippen LogP contribution in [-0.4, -0.2) is 43.0 Å². The average Bonchev–Trinajstić information content (AvgIpc) is 2.89. The van der Waals surface area contributed by atoms with E-state index in [9.17, 15) is 4.79 Å². The Labute approximate surface area is 134 Å². The van der Waals surface area contributed by atoms with Gasteiger partial charge in [-0.2, -0.15) is 0 Å². The van der Waals surface area contributed by atoms with Crippen molar-refractivity contribution in [3.63, 3.8) is 0 Å². The molecule has 1 saturated heterocycles. The molecule has 23 heavy (non-hydrogen) atoms. The summed E-state index contributed by atoms with van der Waals surface area (Å²) in [6.45, 7) is 7.05. The molecule has 3 aromatic rings. The minimum atomic E-state index is -0.321. The highest BCUT2D eigenvalue weighted by molar-refractivity contribution is 5.94. The number of hydrogen-bond acceptors (Lipinski definition) is 5.